The van der Waals surface area contributed by atoms with E-state index in [0.29, 0.717) is 0 Å². The summed E-state index contributed by atoms with van der Waals surface area (Å²) in [7, 11) is 0. The average molecular weight is 252 g/mol. The molecule has 1 aliphatic heterocycles. The van der Waals surface area contributed by atoms with Gasteiger partial charge in [-0.2, -0.15) is 0 Å². The Balaban J connectivity index is 2.07. The molecule has 2 atom stereocenters. The number of nitrogens with one attached hydrogen (secondary N) is 1. The second-order valence-corrected chi connectivity index (χ2v) is 5.22. The third-order valence-corrected chi connectivity index (χ3v) is 3.84. The summed E-state index contributed by atoms with van der Waals surface area (Å²) >= 11 is 0. The van der Waals surface area contributed by atoms with Crippen LogP contribution in [0.15, 0.2) is 12.4 Å². The maximum atomic E-state index is 5.86. The van der Waals surface area contributed by atoms with Gasteiger partial charge in [-0.15, -0.1) is 0 Å². The number of nitrogens with two attached hydrogens (primary N) is 1. The van der Waals surface area contributed by atoms with Gasteiger partial charge in [0.25, 0.3) is 0 Å². The fourth-order valence-electron chi connectivity index (χ4n) is 2.68. The van der Waals surface area contributed by atoms with Gasteiger partial charge in [0, 0.05) is 32.0 Å². The minimum Gasteiger partial charge on any atom is -0.374 e. The van der Waals surface area contributed by atoms with Crippen LogP contribution in [0.5, 0.6) is 0 Å². The molecule has 1 aromatic heterocycles. The summed E-state index contributed by atoms with van der Waals surface area (Å²) in [6.07, 6.45) is 7.97. The van der Waals surface area contributed by atoms with Gasteiger partial charge in [-0.3, -0.25) is 11.3 Å². The number of rotatable bonds is 6. The molecule has 3 N–H and O–H groups in total. The molecule has 2 heterocycles. The van der Waals surface area contributed by atoms with Crippen molar-refractivity contribution in [2.24, 2.45) is 5.84 Å². The number of imidazole rings is 1. The molecule has 1 aromatic rings. The van der Waals surface area contributed by atoms with Gasteiger partial charge in [0.15, 0.2) is 0 Å². The van der Waals surface area contributed by atoms with Gasteiger partial charge in [-0.1, -0.05) is 6.92 Å². The van der Waals surface area contributed by atoms with E-state index in [4.69, 9.17) is 10.6 Å². The maximum Gasteiger partial charge on any atom is 0.110 e. The summed E-state index contributed by atoms with van der Waals surface area (Å²) in [5, 5.41) is 0. The topological polar surface area (TPSA) is 65.1 Å². The van der Waals surface area contributed by atoms with E-state index < -0.39 is 0 Å². The Kier molecular flexibility index (Phi) is 4.37. The van der Waals surface area contributed by atoms with Crippen LogP contribution in [-0.4, -0.2) is 27.8 Å². The molecule has 2 unspecified atom stereocenters. The van der Waals surface area contributed by atoms with Crippen molar-refractivity contribution in [3.05, 3.63) is 18.2 Å². The Morgan fingerprint density at radius 2 is 2.50 bits per heavy atom. The first-order chi connectivity index (χ1) is 8.69. The van der Waals surface area contributed by atoms with Crippen LogP contribution in [0.3, 0.4) is 0 Å². The van der Waals surface area contributed by atoms with Gasteiger partial charge < -0.3 is 9.30 Å². The van der Waals surface area contributed by atoms with Crippen LogP contribution < -0.4 is 11.3 Å². The summed E-state index contributed by atoms with van der Waals surface area (Å²) in [5.41, 5.74) is 2.74. The highest BCUT2D eigenvalue weighted by Crippen LogP contribution is 2.29. The van der Waals surface area contributed by atoms with E-state index in [0.717, 1.165) is 44.7 Å². The van der Waals surface area contributed by atoms with Crippen LogP contribution in [0.2, 0.25) is 0 Å². The fourth-order valence-corrected chi connectivity index (χ4v) is 2.68. The highest BCUT2D eigenvalue weighted by molar-refractivity contribution is 5.01. The third kappa shape index (κ3) is 2.74. The Labute approximate surface area is 109 Å². The summed E-state index contributed by atoms with van der Waals surface area (Å²) < 4.78 is 8.06. The second-order valence-electron chi connectivity index (χ2n) is 5.22. The predicted octanol–water partition coefficient (Wildman–Crippen LogP) is 1.24. The molecule has 1 fully saturated rings. The van der Waals surface area contributed by atoms with Crippen LogP contribution in [0.25, 0.3) is 0 Å². The lowest BCUT2D eigenvalue weighted by Crippen LogP contribution is -2.52. The lowest BCUT2D eigenvalue weighted by atomic mass is 9.91. The maximum absolute atomic E-state index is 5.86. The molecule has 0 aliphatic carbocycles. The normalized spacial score (nSPS) is 25.5. The van der Waals surface area contributed by atoms with E-state index in [1.807, 2.05) is 12.4 Å². The summed E-state index contributed by atoms with van der Waals surface area (Å²) in [6.45, 7) is 6.14. The Morgan fingerprint density at radius 1 is 1.67 bits per heavy atom. The minimum atomic E-state index is -0.169. The van der Waals surface area contributed by atoms with E-state index >= 15 is 0 Å². The number of hydrazine groups is 1. The number of hydrogen-bond acceptors (Lipinski definition) is 4. The van der Waals surface area contributed by atoms with Crippen LogP contribution in [0.4, 0.5) is 0 Å². The third-order valence-electron chi connectivity index (χ3n) is 3.84. The number of aromatic nitrogens is 2. The average Bonchev–Trinajstić information content (AvgIpc) is 2.97. The molecular weight excluding hydrogens is 228 g/mol. The van der Waals surface area contributed by atoms with E-state index in [1.54, 1.807) is 0 Å². The SMILES string of the molecule is CCCn1ccnc1CC(NN)C1(C)CCCO1. The zero-order valence-corrected chi connectivity index (χ0v) is 11.4. The van der Waals surface area contributed by atoms with Gasteiger partial charge >= 0.3 is 0 Å². The number of nitrogens with zero attached hydrogens (tertiary/aromatic N) is 2. The summed E-state index contributed by atoms with van der Waals surface area (Å²) in [5.74, 6) is 6.79. The zero-order valence-electron chi connectivity index (χ0n) is 11.4. The van der Waals surface area contributed by atoms with Crippen LogP contribution in [-0.2, 0) is 17.7 Å². The van der Waals surface area contributed by atoms with E-state index in [2.05, 4.69) is 28.8 Å². The molecule has 18 heavy (non-hydrogen) atoms. The van der Waals surface area contributed by atoms with Crippen molar-refractivity contribution in [1.82, 2.24) is 15.0 Å². The van der Waals surface area contributed by atoms with Crippen LogP contribution in [0, 0.1) is 0 Å². The molecule has 102 valence electrons. The van der Waals surface area contributed by atoms with E-state index in [9.17, 15) is 0 Å². The highest BCUT2D eigenvalue weighted by Gasteiger charge is 2.38. The largest absolute Gasteiger partial charge is 0.374 e. The first-order valence-corrected chi connectivity index (χ1v) is 6.79. The van der Waals surface area contributed by atoms with E-state index in [1.165, 1.54) is 0 Å². The molecule has 1 saturated heterocycles. The van der Waals surface area contributed by atoms with Gasteiger partial charge in [-0.25, -0.2) is 4.98 Å². The molecular formula is C13H24N4O. The predicted molar refractivity (Wildman–Crippen MR) is 70.9 cm³/mol. The monoisotopic (exact) mass is 252 g/mol. The zero-order chi connectivity index (χ0) is 13.0. The summed E-state index contributed by atoms with van der Waals surface area (Å²) in [4.78, 5) is 4.44. The van der Waals surface area contributed by atoms with Crippen molar-refractivity contribution in [3.63, 3.8) is 0 Å². The molecule has 2 rings (SSSR count). The number of hydrogen-bond donors (Lipinski definition) is 2. The molecule has 0 saturated carbocycles. The molecule has 0 radical (unpaired) electrons. The van der Waals surface area contributed by atoms with Crippen LogP contribution in [0.1, 0.15) is 38.9 Å². The van der Waals surface area contributed by atoms with Crippen molar-refractivity contribution in [2.75, 3.05) is 6.61 Å². The molecule has 0 spiro atoms. The quantitative estimate of drug-likeness (QED) is 0.590. The van der Waals surface area contributed by atoms with Crippen LogP contribution >= 0.6 is 0 Å². The van der Waals surface area contributed by atoms with Crippen molar-refractivity contribution in [1.29, 1.82) is 0 Å². The number of ether oxygens (including phenoxy) is 1. The lowest BCUT2D eigenvalue weighted by Gasteiger charge is -2.32. The summed E-state index contributed by atoms with van der Waals surface area (Å²) in [6, 6.07) is 0.109. The standard InChI is InChI=1S/C13H24N4O/c1-3-7-17-8-6-15-12(17)10-11(16-14)13(2)5-4-9-18-13/h6,8,11,16H,3-5,7,9-10,14H2,1-2H3. The Morgan fingerprint density at radius 3 is 3.11 bits per heavy atom. The second kappa shape index (κ2) is 5.82. The lowest BCUT2D eigenvalue weighted by molar-refractivity contribution is -0.0122. The Bertz CT molecular complexity index is 371. The Hall–Kier alpha value is -0.910. The minimum absolute atomic E-state index is 0.109. The van der Waals surface area contributed by atoms with Gasteiger partial charge in [0.2, 0.25) is 0 Å². The van der Waals surface area contributed by atoms with Gasteiger partial charge in [0.05, 0.1) is 11.6 Å². The first-order valence-electron chi connectivity index (χ1n) is 6.79. The molecule has 0 bridgehead atoms. The molecule has 0 aromatic carbocycles. The molecule has 5 nitrogen and oxygen atoms in total. The molecule has 5 heteroatoms. The fraction of sp³-hybridized carbons (Fsp3) is 0.769. The van der Waals surface area contributed by atoms with Crippen molar-refractivity contribution >= 4 is 0 Å². The molecule has 0 amide bonds. The van der Waals surface area contributed by atoms with E-state index in [-0.39, 0.29) is 11.6 Å². The van der Waals surface area contributed by atoms with Crippen molar-refractivity contribution < 1.29 is 4.74 Å². The van der Waals surface area contributed by atoms with Crippen molar-refractivity contribution in [2.45, 2.75) is 57.7 Å². The first kappa shape index (κ1) is 13.5. The van der Waals surface area contributed by atoms with Gasteiger partial charge in [0.1, 0.15) is 5.82 Å². The highest BCUT2D eigenvalue weighted by atomic mass is 16.5. The number of aryl methyl sites for hydroxylation is 1. The van der Waals surface area contributed by atoms with Gasteiger partial charge in [-0.05, 0) is 26.2 Å². The smallest absolute Gasteiger partial charge is 0.110 e. The molecule has 1 aliphatic rings. The van der Waals surface area contributed by atoms with Crippen molar-refractivity contribution in [3.8, 4) is 0 Å².